The van der Waals surface area contributed by atoms with E-state index in [1.165, 1.54) is 31.1 Å². The molecule has 5 atom stereocenters. The average molecular weight is 554 g/mol. The number of amides is 4. The van der Waals surface area contributed by atoms with Gasteiger partial charge in [-0.2, -0.15) is 0 Å². The first-order valence-electron chi connectivity index (χ1n) is 12.4. The SMILES string of the molecule is CO[C@@]12[C@H](COC(N)=O)C3=C(C(=O)C(C)=C(N)C3=O)N1C[C@H]1[C@@H]2N1C(=O)[C@H](F)CN1C(=O)c2ccccc2C1=O. The van der Waals surface area contributed by atoms with Crippen molar-refractivity contribution in [3.63, 3.8) is 0 Å². The highest BCUT2D eigenvalue weighted by molar-refractivity contribution is 6.25. The quantitative estimate of drug-likeness (QED) is 0.258. The molecule has 2 fully saturated rings. The van der Waals surface area contributed by atoms with Crippen LogP contribution < -0.4 is 11.5 Å². The van der Waals surface area contributed by atoms with Crippen molar-refractivity contribution in [2.45, 2.75) is 30.9 Å². The molecule has 0 unspecified atom stereocenters. The Hall–Kier alpha value is -4.59. The van der Waals surface area contributed by atoms with Crippen molar-refractivity contribution in [3.8, 4) is 0 Å². The molecule has 4 heterocycles. The van der Waals surface area contributed by atoms with Crippen LogP contribution >= 0.6 is 0 Å². The van der Waals surface area contributed by atoms with E-state index in [4.69, 9.17) is 20.9 Å². The number of nitrogens with two attached hydrogens (primary N) is 2. The number of primary amides is 1. The minimum Gasteiger partial charge on any atom is -0.449 e. The van der Waals surface area contributed by atoms with E-state index in [0.29, 0.717) is 4.90 Å². The molecule has 1 aromatic carbocycles. The molecule has 0 spiro atoms. The van der Waals surface area contributed by atoms with Gasteiger partial charge in [-0.1, -0.05) is 12.1 Å². The molecule has 6 rings (SSSR count). The van der Waals surface area contributed by atoms with Crippen LogP contribution in [0.1, 0.15) is 27.6 Å². The van der Waals surface area contributed by atoms with E-state index < -0.39 is 78.4 Å². The molecule has 13 nitrogen and oxygen atoms in total. The number of Topliss-reactive ketones (excluding diaryl/α,β-unsaturated/α-hetero) is 2. The topological polar surface area (TPSA) is 182 Å². The van der Waals surface area contributed by atoms with Gasteiger partial charge in [0.15, 0.2) is 11.9 Å². The molecule has 4 amide bonds. The number of piperazine rings is 1. The van der Waals surface area contributed by atoms with Crippen LogP contribution in [0.2, 0.25) is 0 Å². The zero-order chi connectivity index (χ0) is 28.8. The van der Waals surface area contributed by atoms with Crippen molar-refractivity contribution in [1.29, 1.82) is 0 Å². The molecule has 0 saturated carbocycles. The maximum Gasteiger partial charge on any atom is 0.404 e. The number of benzene rings is 1. The maximum absolute atomic E-state index is 15.4. The van der Waals surface area contributed by atoms with E-state index in [9.17, 15) is 28.8 Å². The minimum absolute atomic E-state index is 0.0160. The van der Waals surface area contributed by atoms with E-state index in [1.54, 1.807) is 17.0 Å². The van der Waals surface area contributed by atoms with E-state index in [2.05, 4.69) is 0 Å². The predicted octanol–water partition coefficient (Wildman–Crippen LogP) is -0.778. The van der Waals surface area contributed by atoms with Crippen molar-refractivity contribution in [1.82, 2.24) is 14.7 Å². The van der Waals surface area contributed by atoms with Crippen LogP contribution in [0.4, 0.5) is 9.18 Å². The van der Waals surface area contributed by atoms with Crippen LogP contribution in [0.15, 0.2) is 46.8 Å². The normalized spacial score (nSPS) is 29.1. The number of fused-ring (bicyclic) bond motifs is 5. The van der Waals surface area contributed by atoms with Gasteiger partial charge in [0.25, 0.3) is 17.7 Å². The van der Waals surface area contributed by atoms with Gasteiger partial charge < -0.3 is 30.7 Å². The van der Waals surface area contributed by atoms with Crippen molar-refractivity contribution < 1.29 is 42.6 Å². The van der Waals surface area contributed by atoms with E-state index in [1.807, 2.05) is 0 Å². The third-order valence-electron chi connectivity index (χ3n) is 8.43. The lowest BCUT2D eigenvalue weighted by Gasteiger charge is -2.41. The number of hydrogen-bond acceptors (Lipinski definition) is 10. The Bertz CT molecular complexity index is 1480. The van der Waals surface area contributed by atoms with Gasteiger partial charge in [0.1, 0.15) is 12.6 Å². The summed E-state index contributed by atoms with van der Waals surface area (Å²) in [5.41, 5.74) is 9.57. The number of allylic oxidation sites excluding steroid dienone is 2. The van der Waals surface area contributed by atoms with Crippen LogP contribution in [0.25, 0.3) is 0 Å². The number of halogens is 1. The number of imide groups is 1. The summed E-state index contributed by atoms with van der Waals surface area (Å²) in [4.78, 5) is 80.1. The summed E-state index contributed by atoms with van der Waals surface area (Å²) in [5.74, 6) is -4.62. The van der Waals surface area contributed by atoms with Crippen LogP contribution in [0, 0.1) is 5.92 Å². The van der Waals surface area contributed by atoms with Crippen molar-refractivity contribution in [2.24, 2.45) is 17.4 Å². The molecule has 5 aliphatic rings. The maximum atomic E-state index is 15.4. The molecule has 14 heteroatoms. The number of carbonyl (C=O) groups is 6. The smallest absolute Gasteiger partial charge is 0.404 e. The van der Waals surface area contributed by atoms with Gasteiger partial charge in [-0.15, -0.1) is 0 Å². The number of carbonyl (C=O) groups excluding carboxylic acids is 6. The Morgan fingerprint density at radius 2 is 1.75 bits per heavy atom. The molecule has 1 aliphatic carbocycles. The number of ether oxygens (including phenoxy) is 2. The lowest BCUT2D eigenvalue weighted by atomic mass is 9.82. The standard InChI is InChI=1S/C26H24FN5O8/c1-10-17(28)20(34)16-13(9-40-25(29)38)26(39-2)21-15(8-31(26)18(16)19(10)33)32(21)24(37)14(27)7-30-22(35)11-5-3-4-6-12(11)23(30)36/h3-6,13-15,21H,7-9,28H2,1-2H3,(H2,29,38)/t13-,14-,15+,21+,26-,32?/m1/s1. The van der Waals surface area contributed by atoms with E-state index >= 15 is 4.39 Å². The fourth-order valence-corrected chi connectivity index (χ4v) is 6.58. The Morgan fingerprint density at radius 1 is 1.12 bits per heavy atom. The fourth-order valence-electron chi connectivity index (χ4n) is 6.58. The van der Waals surface area contributed by atoms with Crippen molar-refractivity contribution >= 4 is 35.4 Å². The van der Waals surface area contributed by atoms with Gasteiger partial charge >= 0.3 is 6.09 Å². The second kappa shape index (κ2) is 8.45. The lowest BCUT2D eigenvalue weighted by Crippen LogP contribution is -2.56. The Labute approximate surface area is 226 Å². The molecule has 0 bridgehead atoms. The Balaban J connectivity index is 1.28. The molecule has 2 saturated heterocycles. The van der Waals surface area contributed by atoms with E-state index in [0.717, 1.165) is 0 Å². The molecule has 40 heavy (non-hydrogen) atoms. The Kier molecular flexibility index (Phi) is 5.43. The number of ketones is 2. The molecular weight excluding hydrogens is 529 g/mol. The van der Waals surface area contributed by atoms with Gasteiger partial charge in [0.05, 0.1) is 41.0 Å². The third kappa shape index (κ3) is 3.10. The first-order valence-corrected chi connectivity index (χ1v) is 12.4. The van der Waals surface area contributed by atoms with Gasteiger partial charge in [0, 0.05) is 24.8 Å². The predicted molar refractivity (Wildman–Crippen MR) is 131 cm³/mol. The van der Waals surface area contributed by atoms with Crippen LogP contribution in [0.5, 0.6) is 0 Å². The van der Waals surface area contributed by atoms with Crippen LogP contribution in [-0.4, -0.2) is 101 Å². The summed E-state index contributed by atoms with van der Waals surface area (Å²) in [6.07, 6.45) is -3.38. The van der Waals surface area contributed by atoms with Gasteiger partial charge in [-0.3, -0.25) is 28.9 Å². The highest BCUT2D eigenvalue weighted by atomic mass is 19.1. The lowest BCUT2D eigenvalue weighted by molar-refractivity contribution is -0.155. The number of hydrogen-bond donors (Lipinski definition) is 2. The third-order valence-corrected chi connectivity index (χ3v) is 8.43. The van der Waals surface area contributed by atoms with Crippen molar-refractivity contribution in [3.05, 3.63) is 57.9 Å². The summed E-state index contributed by atoms with van der Waals surface area (Å²) in [7, 11) is 1.30. The summed E-state index contributed by atoms with van der Waals surface area (Å²) in [6, 6.07) is 4.58. The first-order chi connectivity index (χ1) is 19.0. The largest absolute Gasteiger partial charge is 0.449 e. The molecule has 208 valence electrons. The molecule has 0 radical (unpaired) electrons. The molecule has 4 aliphatic heterocycles. The highest BCUT2D eigenvalue weighted by Gasteiger charge is 2.77. The summed E-state index contributed by atoms with van der Waals surface area (Å²) >= 11 is 0. The van der Waals surface area contributed by atoms with E-state index in [-0.39, 0.29) is 40.2 Å². The van der Waals surface area contributed by atoms with Gasteiger partial charge in [-0.25, -0.2) is 9.18 Å². The summed E-state index contributed by atoms with van der Waals surface area (Å²) < 4.78 is 26.4. The molecule has 0 aromatic heterocycles. The zero-order valence-corrected chi connectivity index (χ0v) is 21.4. The van der Waals surface area contributed by atoms with Crippen LogP contribution in [0.3, 0.4) is 0 Å². The minimum atomic E-state index is -2.25. The second-order valence-electron chi connectivity index (χ2n) is 10.2. The number of alkyl halides is 1. The summed E-state index contributed by atoms with van der Waals surface area (Å²) in [5, 5.41) is 0. The fraction of sp³-hybridized carbons (Fsp3) is 0.385. The van der Waals surface area contributed by atoms with Crippen LogP contribution in [-0.2, 0) is 23.9 Å². The monoisotopic (exact) mass is 553 g/mol. The first kappa shape index (κ1) is 25.7. The second-order valence-corrected chi connectivity index (χ2v) is 10.2. The summed E-state index contributed by atoms with van der Waals surface area (Å²) in [6.45, 7) is 0.177. The molecule has 4 N–H and O–H groups in total. The number of nitrogens with zero attached hydrogens (tertiary/aromatic N) is 3. The molecular formula is C26H24FN5O8. The van der Waals surface area contributed by atoms with Crippen molar-refractivity contribution in [2.75, 3.05) is 26.8 Å². The number of methoxy groups -OCH3 is 1. The Morgan fingerprint density at radius 3 is 2.33 bits per heavy atom. The van der Waals surface area contributed by atoms with Gasteiger partial charge in [-0.05, 0) is 19.1 Å². The molecule has 1 aromatic rings. The average Bonchev–Trinajstić information content (AvgIpc) is 3.34. The highest BCUT2D eigenvalue weighted by Crippen LogP contribution is 2.59. The number of rotatable bonds is 6. The zero-order valence-electron chi connectivity index (χ0n) is 21.4. The van der Waals surface area contributed by atoms with Gasteiger partial charge in [0.2, 0.25) is 11.6 Å².